The maximum atomic E-state index is 12.4. The highest BCUT2D eigenvalue weighted by molar-refractivity contribution is 6.37. The fourth-order valence-electron chi connectivity index (χ4n) is 2.59. The Morgan fingerprint density at radius 1 is 1.11 bits per heavy atom. The van der Waals surface area contributed by atoms with Gasteiger partial charge in [0.2, 0.25) is 0 Å². The summed E-state index contributed by atoms with van der Waals surface area (Å²) in [6, 6.07) is 13.2. The topological polar surface area (TPSA) is 55.4 Å². The lowest BCUT2D eigenvalue weighted by Crippen LogP contribution is -2.28. The lowest BCUT2D eigenvalue weighted by Gasteiger charge is -2.09. The van der Waals surface area contributed by atoms with Crippen LogP contribution in [-0.4, -0.2) is 25.3 Å². The third-order valence-electron chi connectivity index (χ3n) is 3.93. The number of ketones is 1. The Morgan fingerprint density at radius 2 is 1.74 bits per heavy atom. The number of amides is 1. The van der Waals surface area contributed by atoms with Gasteiger partial charge in [0.05, 0.1) is 22.7 Å². The van der Waals surface area contributed by atoms with E-state index in [0.29, 0.717) is 27.9 Å². The van der Waals surface area contributed by atoms with Gasteiger partial charge in [-0.1, -0.05) is 53.5 Å². The molecule has 0 saturated heterocycles. The summed E-state index contributed by atoms with van der Waals surface area (Å²) in [5.74, 6) is -0.400. The molecule has 2 aromatic carbocycles. The molecule has 0 aliphatic heterocycles. The van der Waals surface area contributed by atoms with Crippen molar-refractivity contribution in [2.45, 2.75) is 19.8 Å². The van der Waals surface area contributed by atoms with Crippen LogP contribution in [0.5, 0.6) is 5.75 Å². The largest absolute Gasteiger partial charge is 0.494 e. The number of hydrogen-bond acceptors (Lipinski definition) is 3. The van der Waals surface area contributed by atoms with Gasteiger partial charge in [-0.2, -0.15) is 0 Å². The number of aryl methyl sites for hydroxylation is 1. The number of halogens is 2. The van der Waals surface area contributed by atoms with Crippen molar-refractivity contribution in [3.63, 3.8) is 0 Å². The van der Waals surface area contributed by atoms with Crippen LogP contribution in [0.2, 0.25) is 10.0 Å². The summed E-state index contributed by atoms with van der Waals surface area (Å²) in [7, 11) is 1.46. The van der Waals surface area contributed by atoms with Crippen LogP contribution < -0.4 is 10.1 Å². The van der Waals surface area contributed by atoms with Crippen LogP contribution in [0.1, 0.15) is 24.5 Å². The molecule has 142 valence electrons. The first-order valence-corrected chi connectivity index (χ1v) is 9.25. The molecule has 1 amide bonds. The van der Waals surface area contributed by atoms with Gasteiger partial charge in [-0.05, 0) is 49.1 Å². The Morgan fingerprint density at radius 3 is 2.30 bits per heavy atom. The quantitative estimate of drug-likeness (QED) is 0.299. The number of methoxy groups -OCH3 is 1. The highest BCUT2D eigenvalue weighted by atomic mass is 35.5. The van der Waals surface area contributed by atoms with Gasteiger partial charge in [-0.3, -0.25) is 9.59 Å². The molecule has 0 aliphatic rings. The Kier molecular flexibility index (Phi) is 7.89. The second kappa shape index (κ2) is 10.1. The summed E-state index contributed by atoms with van der Waals surface area (Å²) in [5.41, 5.74) is 1.80. The van der Waals surface area contributed by atoms with E-state index in [-0.39, 0.29) is 11.4 Å². The predicted octanol–water partition coefficient (Wildman–Crippen LogP) is 4.72. The minimum atomic E-state index is -0.418. The van der Waals surface area contributed by atoms with Gasteiger partial charge >= 0.3 is 0 Å². The molecule has 0 atom stereocenters. The molecule has 2 aromatic rings. The SMILES string of the molecule is COc1c(Cl)cc(/C=C(/C(C)=O)C(=O)NCCCc2ccccc2)cc1Cl. The number of Topliss-reactive ketones (excluding diaryl/α,β-unsaturated/α-hetero) is 1. The fraction of sp³-hybridized carbons (Fsp3) is 0.238. The van der Waals surface area contributed by atoms with Crippen molar-refractivity contribution in [2.75, 3.05) is 13.7 Å². The van der Waals surface area contributed by atoms with E-state index in [1.807, 2.05) is 30.3 Å². The highest BCUT2D eigenvalue weighted by Crippen LogP contribution is 2.34. The van der Waals surface area contributed by atoms with Crippen LogP contribution in [-0.2, 0) is 16.0 Å². The second-order valence-corrected chi connectivity index (χ2v) is 6.79. The number of benzene rings is 2. The minimum absolute atomic E-state index is 0.0482. The van der Waals surface area contributed by atoms with Gasteiger partial charge in [-0.25, -0.2) is 0 Å². The third-order valence-corrected chi connectivity index (χ3v) is 4.49. The van der Waals surface area contributed by atoms with Crippen LogP contribution in [0.25, 0.3) is 6.08 Å². The zero-order chi connectivity index (χ0) is 19.8. The van der Waals surface area contributed by atoms with Crippen molar-refractivity contribution in [2.24, 2.45) is 0 Å². The maximum Gasteiger partial charge on any atom is 0.254 e. The van der Waals surface area contributed by atoms with Gasteiger partial charge in [0.1, 0.15) is 0 Å². The second-order valence-electron chi connectivity index (χ2n) is 5.98. The van der Waals surface area contributed by atoms with Gasteiger partial charge in [0, 0.05) is 6.54 Å². The molecule has 0 fully saturated rings. The Bertz CT molecular complexity index is 825. The van der Waals surface area contributed by atoms with Crippen LogP contribution in [0.3, 0.4) is 0 Å². The standard InChI is InChI=1S/C21H21Cl2NO3/c1-14(25)17(11-16-12-18(22)20(27-2)19(23)13-16)21(26)24-10-6-9-15-7-4-3-5-8-15/h3-5,7-8,11-13H,6,9-10H2,1-2H3,(H,24,26)/b17-11-. The number of carbonyl (C=O) groups is 2. The van der Waals surface area contributed by atoms with Crippen molar-refractivity contribution in [1.29, 1.82) is 0 Å². The molecule has 0 aromatic heterocycles. The normalized spacial score (nSPS) is 11.2. The van der Waals surface area contributed by atoms with E-state index in [0.717, 1.165) is 12.8 Å². The molecule has 6 heteroatoms. The predicted molar refractivity (Wildman–Crippen MR) is 109 cm³/mol. The Balaban J connectivity index is 2.04. The van der Waals surface area contributed by atoms with Crippen molar-refractivity contribution in [1.82, 2.24) is 5.32 Å². The number of rotatable bonds is 8. The average molecular weight is 406 g/mol. The lowest BCUT2D eigenvalue weighted by atomic mass is 10.1. The third kappa shape index (κ3) is 6.12. The first-order valence-electron chi connectivity index (χ1n) is 8.50. The molecular formula is C21H21Cl2NO3. The zero-order valence-electron chi connectivity index (χ0n) is 15.2. The smallest absolute Gasteiger partial charge is 0.254 e. The van der Waals surface area contributed by atoms with Gasteiger partial charge < -0.3 is 10.1 Å². The van der Waals surface area contributed by atoms with Crippen LogP contribution in [0.4, 0.5) is 0 Å². The molecule has 1 N–H and O–H groups in total. The summed E-state index contributed by atoms with van der Waals surface area (Å²) in [5, 5.41) is 3.40. The molecular weight excluding hydrogens is 385 g/mol. The molecule has 0 unspecified atom stereocenters. The van der Waals surface area contributed by atoms with Gasteiger partial charge in [-0.15, -0.1) is 0 Å². The van der Waals surface area contributed by atoms with Crippen molar-refractivity contribution >= 4 is 41.0 Å². The van der Waals surface area contributed by atoms with Crippen LogP contribution >= 0.6 is 23.2 Å². The monoisotopic (exact) mass is 405 g/mol. The zero-order valence-corrected chi connectivity index (χ0v) is 16.7. The molecule has 2 rings (SSSR count). The van der Waals surface area contributed by atoms with E-state index in [2.05, 4.69) is 5.32 Å². The van der Waals surface area contributed by atoms with Crippen molar-refractivity contribution in [3.05, 3.63) is 69.2 Å². The highest BCUT2D eigenvalue weighted by Gasteiger charge is 2.15. The molecule has 27 heavy (non-hydrogen) atoms. The Labute approximate surface area is 169 Å². The van der Waals surface area contributed by atoms with E-state index in [9.17, 15) is 9.59 Å². The first kappa shape index (κ1) is 21.0. The molecule has 0 heterocycles. The summed E-state index contributed by atoms with van der Waals surface area (Å²) < 4.78 is 5.10. The Hall–Kier alpha value is -2.30. The van der Waals surface area contributed by atoms with E-state index in [4.69, 9.17) is 27.9 Å². The lowest BCUT2D eigenvalue weighted by molar-refractivity contribution is -0.121. The van der Waals surface area contributed by atoms with Crippen LogP contribution in [0, 0.1) is 0 Å². The van der Waals surface area contributed by atoms with E-state index in [1.165, 1.54) is 25.7 Å². The molecule has 0 saturated carbocycles. The van der Waals surface area contributed by atoms with Crippen molar-refractivity contribution in [3.8, 4) is 5.75 Å². The summed E-state index contributed by atoms with van der Waals surface area (Å²) in [6.07, 6.45) is 3.11. The first-order chi connectivity index (χ1) is 12.9. The van der Waals surface area contributed by atoms with E-state index >= 15 is 0 Å². The molecule has 4 nitrogen and oxygen atoms in total. The maximum absolute atomic E-state index is 12.4. The number of nitrogens with one attached hydrogen (secondary N) is 1. The molecule has 0 radical (unpaired) electrons. The summed E-state index contributed by atoms with van der Waals surface area (Å²) in [4.78, 5) is 24.3. The number of carbonyl (C=O) groups excluding carboxylic acids is 2. The fourth-order valence-corrected chi connectivity index (χ4v) is 3.24. The number of ether oxygens (including phenoxy) is 1. The molecule has 0 spiro atoms. The number of hydrogen-bond donors (Lipinski definition) is 1. The summed E-state index contributed by atoms with van der Waals surface area (Å²) in [6.45, 7) is 1.82. The van der Waals surface area contributed by atoms with Crippen LogP contribution in [0.15, 0.2) is 48.0 Å². The van der Waals surface area contributed by atoms with Gasteiger partial charge in [0.15, 0.2) is 11.5 Å². The minimum Gasteiger partial charge on any atom is -0.494 e. The molecule has 0 bridgehead atoms. The van der Waals surface area contributed by atoms with E-state index in [1.54, 1.807) is 12.1 Å². The molecule has 0 aliphatic carbocycles. The average Bonchev–Trinajstić information content (AvgIpc) is 2.63. The van der Waals surface area contributed by atoms with Gasteiger partial charge in [0.25, 0.3) is 5.91 Å². The van der Waals surface area contributed by atoms with Crippen molar-refractivity contribution < 1.29 is 14.3 Å². The summed E-state index contributed by atoms with van der Waals surface area (Å²) >= 11 is 12.2. The van der Waals surface area contributed by atoms with E-state index < -0.39 is 5.91 Å².